The highest BCUT2D eigenvalue weighted by molar-refractivity contribution is 6.06. The summed E-state index contributed by atoms with van der Waals surface area (Å²) in [4.78, 5) is 23.0. The van der Waals surface area contributed by atoms with Crippen molar-refractivity contribution in [3.05, 3.63) is 65.5 Å². The maximum Gasteiger partial charge on any atom is 0.337 e. The van der Waals surface area contributed by atoms with Crippen LogP contribution in [0.4, 0.5) is 10.1 Å². The minimum atomic E-state index is -1.02. The number of carboxylic acids is 1. The van der Waals surface area contributed by atoms with Gasteiger partial charge in [-0.3, -0.25) is 5.01 Å². The molecule has 0 aliphatic carbocycles. The quantitative estimate of drug-likeness (QED) is 0.864. The minimum absolute atomic E-state index is 0.199. The molecule has 25 heavy (non-hydrogen) atoms. The number of nitrogens with zero attached hydrogens (tertiary/aromatic N) is 2. The Labute approximate surface area is 143 Å². The number of halogens is 1. The summed E-state index contributed by atoms with van der Waals surface area (Å²) in [6, 6.07) is 11.2. The topological polar surface area (TPSA) is 79.2 Å². The molecule has 0 bridgehead atoms. The molecule has 0 radical (unpaired) electrons. The first-order valence-electron chi connectivity index (χ1n) is 7.53. The molecule has 0 amide bonds. The fourth-order valence-electron chi connectivity index (χ4n) is 2.63. The molecule has 0 fully saturated rings. The van der Waals surface area contributed by atoms with Gasteiger partial charge in [-0.2, -0.15) is 5.10 Å². The Kier molecular flexibility index (Phi) is 4.47. The molecule has 1 unspecified atom stereocenters. The second-order valence-corrected chi connectivity index (χ2v) is 5.49. The van der Waals surface area contributed by atoms with E-state index in [4.69, 9.17) is 0 Å². The van der Waals surface area contributed by atoms with Crippen molar-refractivity contribution >= 4 is 23.3 Å². The zero-order valence-electron chi connectivity index (χ0n) is 13.3. The number of carbonyl (C=O) groups is 2. The Morgan fingerprint density at radius 1 is 1.16 bits per heavy atom. The number of ether oxygens (including phenoxy) is 1. The average molecular weight is 342 g/mol. The molecule has 1 N–H and O–H groups in total. The number of aliphatic carboxylic acids is 1. The van der Waals surface area contributed by atoms with E-state index in [1.165, 1.54) is 36.4 Å². The lowest BCUT2D eigenvalue weighted by molar-refractivity contribution is -0.138. The van der Waals surface area contributed by atoms with Crippen molar-refractivity contribution in [3.8, 4) is 0 Å². The van der Waals surface area contributed by atoms with Crippen LogP contribution in [-0.2, 0) is 9.53 Å². The number of hydrogen-bond donors (Lipinski definition) is 1. The van der Waals surface area contributed by atoms with Crippen molar-refractivity contribution in [2.45, 2.75) is 12.5 Å². The van der Waals surface area contributed by atoms with Crippen molar-refractivity contribution in [1.29, 1.82) is 0 Å². The van der Waals surface area contributed by atoms with Gasteiger partial charge >= 0.3 is 11.9 Å². The minimum Gasteiger partial charge on any atom is -0.480 e. The van der Waals surface area contributed by atoms with E-state index in [0.29, 0.717) is 22.5 Å². The third kappa shape index (κ3) is 3.35. The predicted octanol–water partition coefficient (Wildman–Crippen LogP) is 2.68. The van der Waals surface area contributed by atoms with E-state index in [9.17, 15) is 19.1 Å². The van der Waals surface area contributed by atoms with Gasteiger partial charge in [0.2, 0.25) is 0 Å². The van der Waals surface area contributed by atoms with E-state index in [0.717, 1.165) is 0 Å². The largest absolute Gasteiger partial charge is 0.480 e. The second kappa shape index (κ2) is 6.72. The van der Waals surface area contributed by atoms with Gasteiger partial charge in [-0.15, -0.1) is 0 Å². The standard InChI is InChI=1S/C18H15FN2O4/c1-25-18(24)12-4-2-11(3-5-12)15-10-16(17(22)23)21(20-15)14-8-6-13(19)7-9-14/h2-9,16H,10H2,1H3,(H,22,23). The lowest BCUT2D eigenvalue weighted by Gasteiger charge is -2.19. The molecule has 1 heterocycles. The number of methoxy groups -OCH3 is 1. The number of carboxylic acid groups (broad SMARTS) is 1. The van der Waals surface area contributed by atoms with Crippen LogP contribution in [-0.4, -0.2) is 35.9 Å². The summed E-state index contributed by atoms with van der Waals surface area (Å²) in [6.45, 7) is 0. The molecule has 1 atom stereocenters. The first kappa shape index (κ1) is 16.6. The lowest BCUT2D eigenvalue weighted by Crippen LogP contribution is -2.34. The second-order valence-electron chi connectivity index (χ2n) is 5.49. The molecule has 1 aliphatic rings. The number of carbonyl (C=O) groups excluding carboxylic acids is 1. The van der Waals surface area contributed by atoms with Gasteiger partial charge in [-0.25, -0.2) is 14.0 Å². The van der Waals surface area contributed by atoms with Crippen molar-refractivity contribution < 1.29 is 23.8 Å². The Bertz CT molecular complexity index is 831. The van der Waals surface area contributed by atoms with Crippen LogP contribution in [0.25, 0.3) is 0 Å². The van der Waals surface area contributed by atoms with Crippen LogP contribution in [0.1, 0.15) is 22.3 Å². The van der Waals surface area contributed by atoms with Gasteiger partial charge < -0.3 is 9.84 Å². The molecular formula is C18H15FN2O4. The molecule has 3 rings (SSSR count). The van der Waals surface area contributed by atoms with Crippen LogP contribution in [0, 0.1) is 5.82 Å². The van der Waals surface area contributed by atoms with Crippen LogP contribution in [0.3, 0.4) is 0 Å². The monoisotopic (exact) mass is 342 g/mol. The van der Waals surface area contributed by atoms with Gasteiger partial charge in [-0.05, 0) is 42.0 Å². The van der Waals surface area contributed by atoms with Crippen LogP contribution >= 0.6 is 0 Å². The molecule has 2 aromatic carbocycles. The first-order valence-corrected chi connectivity index (χ1v) is 7.53. The van der Waals surface area contributed by atoms with Crippen molar-refractivity contribution in [2.75, 3.05) is 12.1 Å². The fourth-order valence-corrected chi connectivity index (χ4v) is 2.63. The van der Waals surface area contributed by atoms with Crippen molar-refractivity contribution in [1.82, 2.24) is 0 Å². The molecule has 1 aliphatic heterocycles. The molecule has 0 saturated heterocycles. The first-order chi connectivity index (χ1) is 12.0. The number of hydrazone groups is 1. The summed E-state index contributed by atoms with van der Waals surface area (Å²) in [5.74, 6) is -1.87. The summed E-state index contributed by atoms with van der Waals surface area (Å²) in [6.07, 6.45) is 0.199. The summed E-state index contributed by atoms with van der Waals surface area (Å²) < 4.78 is 17.7. The third-order valence-corrected chi connectivity index (χ3v) is 3.93. The normalized spacial score (nSPS) is 16.5. The van der Waals surface area contributed by atoms with Crippen molar-refractivity contribution in [3.63, 3.8) is 0 Å². The van der Waals surface area contributed by atoms with Crippen molar-refractivity contribution in [2.24, 2.45) is 5.10 Å². The van der Waals surface area contributed by atoms with Crippen LogP contribution in [0.2, 0.25) is 0 Å². The maximum atomic E-state index is 13.1. The molecule has 6 nitrogen and oxygen atoms in total. The van der Waals surface area contributed by atoms with Gasteiger partial charge in [-0.1, -0.05) is 12.1 Å². The highest BCUT2D eigenvalue weighted by Gasteiger charge is 2.34. The Morgan fingerprint density at radius 2 is 1.80 bits per heavy atom. The van der Waals surface area contributed by atoms with E-state index in [-0.39, 0.29) is 6.42 Å². The van der Waals surface area contributed by atoms with Gasteiger partial charge in [0.15, 0.2) is 6.04 Å². The van der Waals surface area contributed by atoms with Gasteiger partial charge in [0, 0.05) is 6.42 Å². The Morgan fingerprint density at radius 3 is 2.36 bits per heavy atom. The summed E-state index contributed by atoms with van der Waals surface area (Å²) in [5, 5.41) is 15.2. The third-order valence-electron chi connectivity index (χ3n) is 3.93. The van der Waals surface area contributed by atoms with Crippen LogP contribution < -0.4 is 5.01 Å². The van der Waals surface area contributed by atoms with Gasteiger partial charge in [0.05, 0.1) is 24.1 Å². The van der Waals surface area contributed by atoms with Crippen LogP contribution in [0.15, 0.2) is 53.6 Å². The number of rotatable bonds is 4. The van der Waals surface area contributed by atoms with E-state index in [2.05, 4.69) is 9.84 Å². The van der Waals surface area contributed by atoms with E-state index < -0.39 is 23.8 Å². The average Bonchev–Trinajstić information content (AvgIpc) is 3.07. The van der Waals surface area contributed by atoms with Gasteiger partial charge in [0.25, 0.3) is 0 Å². The number of esters is 1. The molecule has 0 aromatic heterocycles. The van der Waals surface area contributed by atoms with Crippen LogP contribution in [0.5, 0.6) is 0 Å². The zero-order valence-corrected chi connectivity index (χ0v) is 13.3. The summed E-state index contributed by atoms with van der Waals surface area (Å²) in [7, 11) is 1.30. The van der Waals surface area contributed by atoms with E-state index >= 15 is 0 Å². The highest BCUT2D eigenvalue weighted by atomic mass is 19.1. The molecule has 128 valence electrons. The van der Waals surface area contributed by atoms with E-state index in [1.807, 2.05) is 0 Å². The molecule has 2 aromatic rings. The number of hydrogen-bond acceptors (Lipinski definition) is 5. The highest BCUT2D eigenvalue weighted by Crippen LogP contribution is 2.27. The Hall–Kier alpha value is -3.22. The fraction of sp³-hybridized carbons (Fsp3) is 0.167. The SMILES string of the molecule is COC(=O)c1ccc(C2=NN(c3ccc(F)cc3)C(C(=O)O)C2)cc1. The summed E-state index contributed by atoms with van der Waals surface area (Å²) in [5.41, 5.74) is 2.18. The molecule has 7 heteroatoms. The maximum absolute atomic E-state index is 13.1. The number of anilines is 1. The predicted molar refractivity (Wildman–Crippen MR) is 89.2 cm³/mol. The Balaban J connectivity index is 1.91. The zero-order chi connectivity index (χ0) is 18.0. The molecule has 0 saturated carbocycles. The smallest absolute Gasteiger partial charge is 0.337 e. The van der Waals surface area contributed by atoms with E-state index in [1.54, 1.807) is 24.3 Å². The molecular weight excluding hydrogens is 327 g/mol. The lowest BCUT2D eigenvalue weighted by atomic mass is 10.0. The number of benzene rings is 2. The van der Waals surface area contributed by atoms with Gasteiger partial charge in [0.1, 0.15) is 5.82 Å². The molecule has 0 spiro atoms. The summed E-state index contributed by atoms with van der Waals surface area (Å²) >= 11 is 0.